The number of hydrogen-bond acceptors (Lipinski definition) is 2. The van der Waals surface area contributed by atoms with Crippen molar-refractivity contribution in [3.63, 3.8) is 0 Å². The Kier molecular flexibility index (Phi) is 6.04. The van der Waals surface area contributed by atoms with Crippen LogP contribution in [0.4, 0.5) is 13.2 Å². The van der Waals surface area contributed by atoms with Crippen molar-refractivity contribution in [2.75, 3.05) is 6.54 Å². The third kappa shape index (κ3) is 3.68. The van der Waals surface area contributed by atoms with Gasteiger partial charge in [0.1, 0.15) is 0 Å². The summed E-state index contributed by atoms with van der Waals surface area (Å²) in [7, 11) is 0. The highest BCUT2D eigenvalue weighted by molar-refractivity contribution is 5.94. The minimum atomic E-state index is -1.57. The van der Waals surface area contributed by atoms with Crippen LogP contribution in [0.25, 0.3) is 0 Å². The second-order valence-electron chi connectivity index (χ2n) is 5.17. The maximum absolute atomic E-state index is 13.2. The van der Waals surface area contributed by atoms with Gasteiger partial charge in [-0.05, 0) is 38.3 Å². The van der Waals surface area contributed by atoms with Gasteiger partial charge in [-0.2, -0.15) is 0 Å². The quantitative estimate of drug-likeness (QED) is 0.851. The molecule has 1 aliphatic rings. The van der Waals surface area contributed by atoms with E-state index >= 15 is 0 Å². The summed E-state index contributed by atoms with van der Waals surface area (Å²) >= 11 is 0. The van der Waals surface area contributed by atoms with Crippen molar-refractivity contribution in [3.05, 3.63) is 35.1 Å². The standard InChI is InChI=1S/C14H17F3N2O.ClH/c1-8(18)12-4-2-3-5-19(12)14(20)9-6-10(15)13(17)11(16)7-9;/h6-8,12H,2-5,18H2,1H3;1H. The molecule has 2 unspecified atom stereocenters. The number of carbonyl (C=O) groups excluding carboxylic acids is 1. The van der Waals surface area contributed by atoms with Gasteiger partial charge in [-0.3, -0.25) is 4.79 Å². The molecule has 1 aromatic rings. The number of nitrogens with two attached hydrogens (primary N) is 1. The number of carbonyl (C=O) groups is 1. The molecule has 0 aromatic heterocycles. The molecule has 118 valence electrons. The minimum Gasteiger partial charge on any atom is -0.334 e. The molecule has 1 aliphatic heterocycles. The zero-order chi connectivity index (χ0) is 14.9. The predicted molar refractivity (Wildman–Crippen MR) is 75.9 cm³/mol. The molecule has 0 spiro atoms. The fourth-order valence-electron chi connectivity index (χ4n) is 2.60. The van der Waals surface area contributed by atoms with E-state index in [4.69, 9.17) is 5.73 Å². The topological polar surface area (TPSA) is 46.3 Å². The largest absolute Gasteiger partial charge is 0.334 e. The molecule has 1 saturated heterocycles. The van der Waals surface area contributed by atoms with E-state index in [2.05, 4.69) is 0 Å². The van der Waals surface area contributed by atoms with Gasteiger partial charge in [0.2, 0.25) is 0 Å². The van der Waals surface area contributed by atoms with Crippen molar-refractivity contribution >= 4 is 18.3 Å². The Morgan fingerprint density at radius 2 is 1.86 bits per heavy atom. The highest BCUT2D eigenvalue weighted by Gasteiger charge is 2.30. The molecule has 0 radical (unpaired) electrons. The van der Waals surface area contributed by atoms with Gasteiger partial charge in [-0.1, -0.05) is 0 Å². The molecule has 1 aromatic carbocycles. The lowest BCUT2D eigenvalue weighted by molar-refractivity contribution is 0.0582. The molecule has 7 heteroatoms. The Labute approximate surface area is 127 Å². The molecule has 1 heterocycles. The van der Waals surface area contributed by atoms with E-state index < -0.39 is 23.4 Å². The van der Waals surface area contributed by atoms with E-state index in [1.807, 2.05) is 0 Å². The van der Waals surface area contributed by atoms with Crippen molar-refractivity contribution in [2.24, 2.45) is 5.73 Å². The van der Waals surface area contributed by atoms with E-state index in [0.29, 0.717) is 6.54 Å². The third-order valence-electron chi connectivity index (χ3n) is 3.65. The summed E-state index contributed by atoms with van der Waals surface area (Å²) in [4.78, 5) is 13.9. The second kappa shape index (κ2) is 7.13. The van der Waals surface area contributed by atoms with Gasteiger partial charge < -0.3 is 10.6 Å². The Morgan fingerprint density at radius 1 is 1.29 bits per heavy atom. The summed E-state index contributed by atoms with van der Waals surface area (Å²) in [6.07, 6.45) is 2.54. The summed E-state index contributed by atoms with van der Waals surface area (Å²) in [5.74, 6) is -4.79. The number of piperidine rings is 1. The van der Waals surface area contributed by atoms with Crippen LogP contribution in [0.3, 0.4) is 0 Å². The Hall–Kier alpha value is -1.27. The van der Waals surface area contributed by atoms with Crippen LogP contribution >= 0.6 is 12.4 Å². The fraction of sp³-hybridized carbons (Fsp3) is 0.500. The van der Waals surface area contributed by atoms with Crippen molar-refractivity contribution in [3.8, 4) is 0 Å². The lowest BCUT2D eigenvalue weighted by Crippen LogP contribution is -2.51. The smallest absolute Gasteiger partial charge is 0.254 e. The van der Waals surface area contributed by atoms with E-state index in [9.17, 15) is 18.0 Å². The Bertz CT molecular complexity index is 502. The lowest BCUT2D eigenvalue weighted by Gasteiger charge is -2.38. The van der Waals surface area contributed by atoms with E-state index in [1.54, 1.807) is 6.92 Å². The number of hydrogen-bond donors (Lipinski definition) is 1. The number of nitrogens with zero attached hydrogens (tertiary/aromatic N) is 1. The molecule has 1 fully saturated rings. The summed E-state index contributed by atoms with van der Waals surface area (Å²) < 4.78 is 39.4. The third-order valence-corrected chi connectivity index (χ3v) is 3.65. The number of halogens is 4. The zero-order valence-electron chi connectivity index (χ0n) is 11.6. The molecular weight excluding hydrogens is 305 g/mol. The van der Waals surface area contributed by atoms with Crippen LogP contribution in [0, 0.1) is 17.5 Å². The molecule has 0 aliphatic carbocycles. The summed E-state index contributed by atoms with van der Waals surface area (Å²) in [6, 6.07) is 1.07. The Balaban J connectivity index is 0.00000220. The predicted octanol–water partition coefficient (Wildman–Crippen LogP) is 2.87. The highest BCUT2D eigenvalue weighted by Crippen LogP contribution is 2.23. The molecule has 0 saturated carbocycles. The van der Waals surface area contributed by atoms with Gasteiger partial charge in [0, 0.05) is 24.2 Å². The minimum absolute atomic E-state index is 0. The average molecular weight is 323 g/mol. The van der Waals surface area contributed by atoms with Crippen LogP contribution in [0.1, 0.15) is 36.5 Å². The van der Waals surface area contributed by atoms with Crippen LogP contribution in [0.2, 0.25) is 0 Å². The first kappa shape index (κ1) is 17.8. The first-order chi connectivity index (χ1) is 9.41. The number of rotatable bonds is 2. The van der Waals surface area contributed by atoms with Gasteiger partial charge in [0.25, 0.3) is 5.91 Å². The molecule has 0 bridgehead atoms. The maximum Gasteiger partial charge on any atom is 0.254 e. The van der Waals surface area contributed by atoms with E-state index in [1.165, 1.54) is 4.90 Å². The zero-order valence-corrected chi connectivity index (χ0v) is 12.4. The molecule has 2 N–H and O–H groups in total. The normalized spacial score (nSPS) is 19.9. The van der Waals surface area contributed by atoms with Gasteiger partial charge >= 0.3 is 0 Å². The average Bonchev–Trinajstić information content (AvgIpc) is 2.43. The van der Waals surface area contributed by atoms with Crippen molar-refractivity contribution in [2.45, 2.75) is 38.3 Å². The van der Waals surface area contributed by atoms with Crippen LogP contribution in [0.15, 0.2) is 12.1 Å². The number of benzene rings is 1. The van der Waals surface area contributed by atoms with Crippen LogP contribution in [0.5, 0.6) is 0 Å². The summed E-state index contributed by atoms with van der Waals surface area (Å²) in [6.45, 7) is 2.29. The fourth-order valence-corrected chi connectivity index (χ4v) is 2.60. The molecule has 2 rings (SSSR count). The van der Waals surface area contributed by atoms with Gasteiger partial charge in [0.05, 0.1) is 0 Å². The second-order valence-corrected chi connectivity index (χ2v) is 5.17. The van der Waals surface area contributed by atoms with Crippen LogP contribution < -0.4 is 5.73 Å². The molecule has 3 nitrogen and oxygen atoms in total. The van der Waals surface area contributed by atoms with Crippen molar-refractivity contribution < 1.29 is 18.0 Å². The first-order valence-electron chi connectivity index (χ1n) is 6.63. The lowest BCUT2D eigenvalue weighted by atomic mass is 9.96. The maximum atomic E-state index is 13.2. The number of amides is 1. The van der Waals surface area contributed by atoms with E-state index in [-0.39, 0.29) is 30.1 Å². The van der Waals surface area contributed by atoms with Crippen molar-refractivity contribution in [1.29, 1.82) is 0 Å². The summed E-state index contributed by atoms with van der Waals surface area (Å²) in [5.41, 5.74) is 5.67. The van der Waals surface area contributed by atoms with Crippen molar-refractivity contribution in [1.82, 2.24) is 4.90 Å². The monoisotopic (exact) mass is 322 g/mol. The molecular formula is C14H18ClF3N2O. The van der Waals surface area contributed by atoms with Crippen LogP contribution in [-0.2, 0) is 0 Å². The number of likely N-dealkylation sites (tertiary alicyclic amines) is 1. The summed E-state index contributed by atoms with van der Waals surface area (Å²) in [5, 5.41) is 0. The SMILES string of the molecule is CC(N)C1CCCCN1C(=O)c1cc(F)c(F)c(F)c1.Cl. The molecule has 2 atom stereocenters. The van der Waals surface area contributed by atoms with Gasteiger partial charge in [0.15, 0.2) is 17.5 Å². The van der Waals surface area contributed by atoms with Gasteiger partial charge in [-0.15, -0.1) is 12.4 Å². The Morgan fingerprint density at radius 3 is 2.38 bits per heavy atom. The highest BCUT2D eigenvalue weighted by atomic mass is 35.5. The van der Waals surface area contributed by atoms with Crippen LogP contribution in [-0.4, -0.2) is 29.4 Å². The van der Waals surface area contributed by atoms with Gasteiger partial charge in [-0.25, -0.2) is 13.2 Å². The molecule has 21 heavy (non-hydrogen) atoms. The molecule has 1 amide bonds. The first-order valence-corrected chi connectivity index (χ1v) is 6.63. The van der Waals surface area contributed by atoms with E-state index in [0.717, 1.165) is 31.4 Å².